The van der Waals surface area contributed by atoms with E-state index in [2.05, 4.69) is 4.98 Å². The van der Waals surface area contributed by atoms with E-state index in [1.807, 2.05) is 30.0 Å². The van der Waals surface area contributed by atoms with Crippen LogP contribution in [0.4, 0.5) is 14.5 Å². The van der Waals surface area contributed by atoms with Crippen LogP contribution < -0.4 is 4.90 Å². The van der Waals surface area contributed by atoms with E-state index in [9.17, 15) is 18.7 Å². The van der Waals surface area contributed by atoms with Crippen LogP contribution in [-0.2, 0) is 11.3 Å². The average Bonchev–Trinajstić information content (AvgIpc) is 3.05. The first-order valence-corrected chi connectivity index (χ1v) is 10.5. The summed E-state index contributed by atoms with van der Waals surface area (Å²) < 4.78 is 28.1. The van der Waals surface area contributed by atoms with Crippen LogP contribution in [0.2, 0.25) is 0 Å². The minimum absolute atomic E-state index is 0.00357. The third-order valence-electron chi connectivity index (χ3n) is 4.37. The SMILES string of the molecule is Cc1ccc2c(c1)N(Cc1nc3c(F)c(F)ccc3s1)C(=S)C(CC(=O)O)S2. The summed E-state index contributed by atoms with van der Waals surface area (Å²) in [6, 6.07) is 8.49. The second-order valence-electron chi connectivity index (χ2n) is 6.42. The second-order valence-corrected chi connectivity index (χ2v) is 9.19. The topological polar surface area (TPSA) is 53.4 Å². The number of thiocarbonyl (C=S) groups is 1. The van der Waals surface area contributed by atoms with E-state index in [4.69, 9.17) is 12.2 Å². The molecule has 2 heterocycles. The van der Waals surface area contributed by atoms with Crippen molar-refractivity contribution in [3.05, 3.63) is 52.5 Å². The summed E-state index contributed by atoms with van der Waals surface area (Å²) in [5, 5.41) is 9.42. The molecule has 28 heavy (non-hydrogen) atoms. The smallest absolute Gasteiger partial charge is 0.304 e. The summed E-state index contributed by atoms with van der Waals surface area (Å²) in [7, 11) is 0. The molecule has 0 spiro atoms. The van der Waals surface area contributed by atoms with Crippen molar-refractivity contribution >= 4 is 62.2 Å². The van der Waals surface area contributed by atoms with Gasteiger partial charge in [-0.3, -0.25) is 4.79 Å². The first-order valence-electron chi connectivity index (χ1n) is 8.37. The van der Waals surface area contributed by atoms with Crippen LogP contribution in [0, 0.1) is 18.6 Å². The van der Waals surface area contributed by atoms with Gasteiger partial charge in [0.2, 0.25) is 0 Å². The minimum atomic E-state index is -0.961. The van der Waals surface area contributed by atoms with Crippen LogP contribution in [0.15, 0.2) is 35.2 Å². The van der Waals surface area contributed by atoms with Crippen molar-refractivity contribution in [2.45, 2.75) is 30.0 Å². The van der Waals surface area contributed by atoms with Crippen LogP contribution >= 0.6 is 35.3 Å². The number of anilines is 1. The first kappa shape index (κ1) is 19.2. The first-order chi connectivity index (χ1) is 13.3. The largest absolute Gasteiger partial charge is 0.481 e. The van der Waals surface area contributed by atoms with Gasteiger partial charge in [-0.2, -0.15) is 0 Å². The number of rotatable bonds is 4. The number of hydrogen-bond donors (Lipinski definition) is 1. The molecule has 4 rings (SSSR count). The molecule has 0 bridgehead atoms. The van der Waals surface area contributed by atoms with Crippen LogP contribution in [0.25, 0.3) is 10.2 Å². The van der Waals surface area contributed by atoms with E-state index in [0.29, 0.717) is 14.7 Å². The van der Waals surface area contributed by atoms with E-state index in [-0.39, 0.29) is 23.7 Å². The summed E-state index contributed by atoms with van der Waals surface area (Å²) in [5.41, 5.74) is 1.92. The fourth-order valence-corrected chi connectivity index (χ4v) is 5.61. The van der Waals surface area contributed by atoms with Crippen molar-refractivity contribution in [2.24, 2.45) is 0 Å². The fraction of sp³-hybridized carbons (Fsp3) is 0.211. The molecule has 4 nitrogen and oxygen atoms in total. The maximum atomic E-state index is 14.0. The molecule has 3 aromatic rings. The number of hydrogen-bond acceptors (Lipinski definition) is 5. The number of aryl methyl sites for hydroxylation is 1. The summed E-state index contributed by atoms with van der Waals surface area (Å²) in [6.45, 7) is 2.23. The molecule has 0 saturated heterocycles. The van der Waals surface area contributed by atoms with Crippen LogP contribution in [-0.4, -0.2) is 26.3 Å². The minimum Gasteiger partial charge on any atom is -0.481 e. The molecular formula is C19H14F2N2O2S3. The zero-order valence-corrected chi connectivity index (χ0v) is 17.1. The Morgan fingerprint density at radius 3 is 2.86 bits per heavy atom. The number of benzene rings is 2. The highest BCUT2D eigenvalue weighted by Crippen LogP contribution is 2.42. The third-order valence-corrected chi connectivity index (χ3v) is 7.30. The lowest BCUT2D eigenvalue weighted by atomic mass is 10.1. The van der Waals surface area contributed by atoms with Crippen LogP contribution in [0.1, 0.15) is 17.0 Å². The van der Waals surface area contributed by atoms with Gasteiger partial charge in [0.1, 0.15) is 10.5 Å². The summed E-state index contributed by atoms with van der Waals surface area (Å²) in [5.74, 6) is -2.82. The van der Waals surface area contributed by atoms with E-state index in [0.717, 1.165) is 22.2 Å². The Labute approximate surface area is 173 Å². The molecule has 1 aliphatic heterocycles. The molecule has 1 aliphatic rings. The van der Waals surface area contributed by atoms with Gasteiger partial charge in [0.05, 0.1) is 33.6 Å². The van der Waals surface area contributed by atoms with Crippen molar-refractivity contribution in [3.8, 4) is 0 Å². The van der Waals surface area contributed by atoms with Crippen molar-refractivity contribution in [3.63, 3.8) is 0 Å². The van der Waals surface area contributed by atoms with Gasteiger partial charge in [-0.1, -0.05) is 18.3 Å². The Balaban J connectivity index is 1.74. The molecule has 1 atom stereocenters. The molecule has 9 heteroatoms. The third kappa shape index (κ3) is 3.49. The molecular weight excluding hydrogens is 422 g/mol. The van der Waals surface area contributed by atoms with Crippen molar-refractivity contribution in [1.29, 1.82) is 0 Å². The maximum absolute atomic E-state index is 14.0. The molecule has 2 aromatic carbocycles. The Morgan fingerprint density at radius 2 is 2.11 bits per heavy atom. The number of carboxylic acid groups (broad SMARTS) is 1. The Bertz CT molecular complexity index is 1120. The number of carbonyl (C=O) groups is 1. The molecule has 0 fully saturated rings. The standard InChI is InChI=1S/C19H14F2N2O2S3/c1-9-2-4-12-11(6-9)23(19(26)14(27-12)7-16(24)25)8-15-22-18-13(28-15)5-3-10(20)17(18)21/h2-6,14H,7-8H2,1H3,(H,24,25). The van der Waals surface area contributed by atoms with Crippen molar-refractivity contribution in [1.82, 2.24) is 4.98 Å². The number of halogens is 2. The average molecular weight is 437 g/mol. The predicted octanol–water partition coefficient (Wildman–Crippen LogP) is 5.17. The Kier molecular flexibility index (Phi) is 5.07. The van der Waals surface area contributed by atoms with E-state index in [1.165, 1.54) is 29.2 Å². The number of thioether (sulfide) groups is 1. The highest BCUT2D eigenvalue weighted by molar-refractivity contribution is 8.02. The van der Waals surface area contributed by atoms with Crippen molar-refractivity contribution in [2.75, 3.05) is 4.90 Å². The lowest BCUT2D eigenvalue weighted by Gasteiger charge is -2.35. The molecule has 0 saturated carbocycles. The van der Waals surface area contributed by atoms with E-state index >= 15 is 0 Å². The van der Waals surface area contributed by atoms with E-state index in [1.54, 1.807) is 0 Å². The van der Waals surface area contributed by atoms with Gasteiger partial charge >= 0.3 is 5.97 Å². The lowest BCUT2D eigenvalue weighted by Crippen LogP contribution is -2.40. The number of aromatic nitrogens is 1. The van der Waals surface area contributed by atoms with Gasteiger partial charge in [0.25, 0.3) is 0 Å². The molecule has 1 N–H and O–H groups in total. The highest BCUT2D eigenvalue weighted by atomic mass is 32.2. The number of carboxylic acids is 1. The van der Waals surface area contributed by atoms with Gasteiger partial charge in [0, 0.05) is 4.90 Å². The second kappa shape index (κ2) is 7.38. The van der Waals surface area contributed by atoms with Gasteiger partial charge in [-0.25, -0.2) is 13.8 Å². The summed E-state index contributed by atoms with van der Waals surface area (Å²) in [4.78, 5) is 18.8. The molecule has 1 aromatic heterocycles. The number of nitrogens with zero attached hydrogens (tertiary/aromatic N) is 2. The number of thiazole rings is 1. The highest BCUT2D eigenvalue weighted by Gasteiger charge is 2.32. The Morgan fingerprint density at radius 1 is 1.32 bits per heavy atom. The van der Waals surface area contributed by atoms with Crippen LogP contribution in [0.5, 0.6) is 0 Å². The normalized spacial score (nSPS) is 16.5. The van der Waals surface area contributed by atoms with E-state index < -0.39 is 17.6 Å². The summed E-state index contributed by atoms with van der Waals surface area (Å²) >= 11 is 8.30. The molecule has 0 radical (unpaired) electrons. The predicted molar refractivity (Wildman–Crippen MR) is 111 cm³/mol. The quantitative estimate of drug-likeness (QED) is 0.570. The monoisotopic (exact) mass is 436 g/mol. The molecule has 144 valence electrons. The van der Waals surface area contributed by atoms with Gasteiger partial charge < -0.3 is 10.0 Å². The Hall–Kier alpha value is -2.10. The number of aliphatic carboxylic acids is 1. The van der Waals surface area contributed by atoms with Gasteiger partial charge in [-0.05, 0) is 36.8 Å². The molecule has 0 amide bonds. The zero-order valence-electron chi connectivity index (χ0n) is 14.6. The number of fused-ring (bicyclic) bond motifs is 2. The molecule has 1 unspecified atom stereocenters. The molecule has 0 aliphatic carbocycles. The zero-order chi connectivity index (χ0) is 20.0. The van der Waals surface area contributed by atoms with Crippen LogP contribution in [0.3, 0.4) is 0 Å². The maximum Gasteiger partial charge on any atom is 0.304 e. The fourth-order valence-electron chi connectivity index (χ4n) is 3.07. The summed E-state index contributed by atoms with van der Waals surface area (Å²) in [6.07, 6.45) is -0.0903. The lowest BCUT2D eigenvalue weighted by molar-refractivity contribution is -0.136. The van der Waals surface area contributed by atoms with Gasteiger partial charge in [0.15, 0.2) is 11.6 Å². The van der Waals surface area contributed by atoms with Gasteiger partial charge in [-0.15, -0.1) is 23.1 Å². The van der Waals surface area contributed by atoms with Crippen molar-refractivity contribution < 1.29 is 18.7 Å².